The zero-order valence-electron chi connectivity index (χ0n) is 12.0. The van der Waals surface area contributed by atoms with Crippen LogP contribution < -0.4 is 5.32 Å². The highest BCUT2D eigenvalue weighted by atomic mass is 16.6. The number of morpholine rings is 1. The summed E-state index contributed by atoms with van der Waals surface area (Å²) in [6, 6.07) is 5.11. The van der Waals surface area contributed by atoms with Crippen molar-refractivity contribution in [2.24, 2.45) is 0 Å². The zero-order chi connectivity index (χ0) is 15.2. The highest BCUT2D eigenvalue weighted by Gasteiger charge is 2.18. The molecule has 7 heteroatoms. The Kier molecular flexibility index (Phi) is 5.10. The van der Waals surface area contributed by atoms with Crippen LogP contribution in [-0.4, -0.2) is 48.6 Å². The summed E-state index contributed by atoms with van der Waals surface area (Å²) in [6.45, 7) is 4.45. The van der Waals surface area contributed by atoms with Gasteiger partial charge in [-0.3, -0.25) is 14.9 Å². The van der Waals surface area contributed by atoms with Gasteiger partial charge in [-0.2, -0.15) is 0 Å². The quantitative estimate of drug-likeness (QED) is 0.658. The second-order valence-electron chi connectivity index (χ2n) is 4.90. The fourth-order valence-corrected chi connectivity index (χ4v) is 2.32. The molecule has 21 heavy (non-hydrogen) atoms. The average molecular weight is 293 g/mol. The first kappa shape index (κ1) is 15.2. The molecule has 1 aliphatic rings. The van der Waals surface area contributed by atoms with Gasteiger partial charge in [-0.15, -0.1) is 0 Å². The maximum atomic E-state index is 12.0. The predicted molar refractivity (Wildman–Crippen MR) is 78.3 cm³/mol. The van der Waals surface area contributed by atoms with Gasteiger partial charge in [-0.05, 0) is 13.0 Å². The zero-order valence-corrected chi connectivity index (χ0v) is 12.0. The van der Waals surface area contributed by atoms with E-state index in [1.807, 2.05) is 0 Å². The van der Waals surface area contributed by atoms with Crippen molar-refractivity contribution in [1.82, 2.24) is 4.90 Å². The Morgan fingerprint density at radius 2 is 2.14 bits per heavy atom. The van der Waals surface area contributed by atoms with Gasteiger partial charge < -0.3 is 15.0 Å². The summed E-state index contributed by atoms with van der Waals surface area (Å²) in [5.41, 5.74) is 1.12. The van der Waals surface area contributed by atoms with Crippen LogP contribution in [0.2, 0.25) is 0 Å². The molecule has 0 radical (unpaired) electrons. The lowest BCUT2D eigenvalue weighted by molar-refractivity contribution is -0.384. The van der Waals surface area contributed by atoms with Crippen LogP contribution >= 0.6 is 0 Å². The number of nitro benzene ring substituents is 1. The van der Waals surface area contributed by atoms with Crippen molar-refractivity contribution in [2.75, 3.05) is 38.2 Å². The SMILES string of the molecule is Cc1cccc(NCCC(=O)N2CCOCC2)c1[N+](=O)[O-]. The number of amides is 1. The first-order valence-corrected chi connectivity index (χ1v) is 6.93. The summed E-state index contributed by atoms with van der Waals surface area (Å²) in [7, 11) is 0. The number of para-hydroxylation sites is 1. The fourth-order valence-electron chi connectivity index (χ4n) is 2.32. The minimum Gasteiger partial charge on any atom is -0.379 e. The van der Waals surface area contributed by atoms with E-state index in [1.54, 1.807) is 30.0 Å². The molecule has 0 aliphatic carbocycles. The molecule has 1 saturated heterocycles. The van der Waals surface area contributed by atoms with E-state index in [2.05, 4.69) is 5.32 Å². The molecule has 1 N–H and O–H groups in total. The second kappa shape index (κ2) is 7.03. The maximum Gasteiger partial charge on any atom is 0.295 e. The standard InChI is InChI=1S/C14H19N3O4/c1-11-3-2-4-12(14(11)17(19)20)15-6-5-13(18)16-7-9-21-10-8-16/h2-4,15H,5-10H2,1H3. The Labute approximate surface area is 123 Å². The number of ether oxygens (including phenoxy) is 1. The molecule has 2 rings (SSSR count). The van der Waals surface area contributed by atoms with Gasteiger partial charge in [0, 0.05) is 31.6 Å². The summed E-state index contributed by atoms with van der Waals surface area (Å²) < 4.78 is 5.19. The van der Waals surface area contributed by atoms with Crippen molar-refractivity contribution >= 4 is 17.3 Å². The third-order valence-corrected chi connectivity index (χ3v) is 3.44. The minimum absolute atomic E-state index is 0.0427. The monoisotopic (exact) mass is 293 g/mol. The predicted octanol–water partition coefficient (Wildman–Crippen LogP) is 1.56. The van der Waals surface area contributed by atoms with Crippen LogP contribution in [0.4, 0.5) is 11.4 Å². The van der Waals surface area contributed by atoms with Crippen LogP contribution in [0.3, 0.4) is 0 Å². The lowest BCUT2D eigenvalue weighted by Crippen LogP contribution is -2.41. The van der Waals surface area contributed by atoms with Crippen LogP contribution in [0.25, 0.3) is 0 Å². The molecule has 0 aromatic heterocycles. The number of hydrogen-bond acceptors (Lipinski definition) is 5. The number of benzene rings is 1. The van der Waals surface area contributed by atoms with Crippen molar-refractivity contribution in [2.45, 2.75) is 13.3 Å². The molecule has 1 heterocycles. The number of nitro groups is 1. The summed E-state index contributed by atoms with van der Waals surface area (Å²) >= 11 is 0. The number of carbonyl (C=O) groups is 1. The molecular formula is C14H19N3O4. The molecular weight excluding hydrogens is 274 g/mol. The van der Waals surface area contributed by atoms with Gasteiger partial charge in [0.15, 0.2) is 0 Å². The van der Waals surface area contributed by atoms with Crippen LogP contribution in [0.5, 0.6) is 0 Å². The lowest BCUT2D eigenvalue weighted by atomic mass is 10.1. The third-order valence-electron chi connectivity index (χ3n) is 3.44. The van der Waals surface area contributed by atoms with Gasteiger partial charge >= 0.3 is 0 Å². The van der Waals surface area contributed by atoms with Crippen LogP contribution in [0, 0.1) is 17.0 Å². The van der Waals surface area contributed by atoms with Crippen molar-refractivity contribution in [3.8, 4) is 0 Å². The highest BCUT2D eigenvalue weighted by molar-refractivity contribution is 5.77. The van der Waals surface area contributed by atoms with Crippen molar-refractivity contribution < 1.29 is 14.5 Å². The highest BCUT2D eigenvalue weighted by Crippen LogP contribution is 2.27. The average Bonchev–Trinajstić information content (AvgIpc) is 2.47. The van der Waals surface area contributed by atoms with E-state index in [0.29, 0.717) is 50.5 Å². The topological polar surface area (TPSA) is 84.7 Å². The molecule has 114 valence electrons. The molecule has 7 nitrogen and oxygen atoms in total. The molecule has 0 unspecified atom stereocenters. The lowest BCUT2D eigenvalue weighted by Gasteiger charge is -2.26. The smallest absolute Gasteiger partial charge is 0.295 e. The molecule has 1 amide bonds. The Hall–Kier alpha value is -2.15. The van der Waals surface area contributed by atoms with Crippen LogP contribution in [0.15, 0.2) is 18.2 Å². The number of aryl methyl sites for hydroxylation is 1. The van der Waals surface area contributed by atoms with Gasteiger partial charge in [-0.1, -0.05) is 12.1 Å². The number of nitrogens with zero attached hydrogens (tertiary/aromatic N) is 2. The van der Waals surface area contributed by atoms with E-state index >= 15 is 0 Å². The maximum absolute atomic E-state index is 12.0. The number of rotatable bonds is 5. The molecule has 0 atom stereocenters. The van der Waals surface area contributed by atoms with E-state index in [9.17, 15) is 14.9 Å². The van der Waals surface area contributed by atoms with E-state index < -0.39 is 4.92 Å². The van der Waals surface area contributed by atoms with E-state index in [0.717, 1.165) is 0 Å². The summed E-state index contributed by atoms with van der Waals surface area (Å²) in [5.74, 6) is 0.0427. The van der Waals surface area contributed by atoms with E-state index in [1.165, 1.54) is 0 Å². The second-order valence-corrected chi connectivity index (χ2v) is 4.90. The molecule has 1 aromatic rings. The molecule has 0 bridgehead atoms. The van der Waals surface area contributed by atoms with Gasteiger partial charge in [0.25, 0.3) is 5.69 Å². The number of hydrogen-bond donors (Lipinski definition) is 1. The van der Waals surface area contributed by atoms with E-state index in [-0.39, 0.29) is 11.6 Å². The molecule has 1 aromatic carbocycles. The Balaban J connectivity index is 1.90. The largest absolute Gasteiger partial charge is 0.379 e. The molecule has 1 fully saturated rings. The number of nitrogens with one attached hydrogen (secondary N) is 1. The third kappa shape index (κ3) is 3.91. The van der Waals surface area contributed by atoms with Crippen LogP contribution in [0.1, 0.15) is 12.0 Å². The molecule has 0 saturated carbocycles. The Morgan fingerprint density at radius 3 is 2.81 bits per heavy atom. The van der Waals surface area contributed by atoms with E-state index in [4.69, 9.17) is 4.74 Å². The summed E-state index contributed by atoms with van der Waals surface area (Å²) in [4.78, 5) is 24.4. The normalized spacial score (nSPS) is 14.8. The number of anilines is 1. The minimum atomic E-state index is -0.401. The number of carbonyl (C=O) groups excluding carboxylic acids is 1. The van der Waals surface area contributed by atoms with Crippen LogP contribution in [-0.2, 0) is 9.53 Å². The summed E-state index contributed by atoms with van der Waals surface area (Å²) in [6.07, 6.45) is 0.311. The fraction of sp³-hybridized carbons (Fsp3) is 0.500. The van der Waals surface area contributed by atoms with Gasteiger partial charge in [0.1, 0.15) is 5.69 Å². The summed E-state index contributed by atoms with van der Waals surface area (Å²) in [5, 5.41) is 14.0. The molecule has 1 aliphatic heterocycles. The van der Waals surface area contributed by atoms with Gasteiger partial charge in [-0.25, -0.2) is 0 Å². The van der Waals surface area contributed by atoms with Gasteiger partial charge in [0.05, 0.1) is 18.1 Å². The van der Waals surface area contributed by atoms with Gasteiger partial charge in [0.2, 0.25) is 5.91 Å². The first-order valence-electron chi connectivity index (χ1n) is 6.93. The Morgan fingerprint density at radius 1 is 1.43 bits per heavy atom. The Bertz CT molecular complexity index is 527. The first-order chi connectivity index (χ1) is 10.1. The molecule has 0 spiro atoms. The van der Waals surface area contributed by atoms with Crippen molar-refractivity contribution in [3.63, 3.8) is 0 Å². The van der Waals surface area contributed by atoms with Crippen molar-refractivity contribution in [3.05, 3.63) is 33.9 Å². The van der Waals surface area contributed by atoms with Crippen molar-refractivity contribution in [1.29, 1.82) is 0 Å².